The minimum atomic E-state index is -0.473. The predicted octanol–water partition coefficient (Wildman–Crippen LogP) is 3.95. The molecule has 9 heteroatoms. The highest BCUT2D eigenvalue weighted by molar-refractivity contribution is 5.75. The van der Waals surface area contributed by atoms with E-state index in [1.54, 1.807) is 12.3 Å². The standard InChI is InChI=1S/C23H25N3O6/c1-30-19-13-17(18(26(28)29)14-20(19)31-2)11-12-24-22(27)9-6-10-23-25-15-21(32-23)16-7-4-3-5-8-16/h3-5,7-8,13-15H,6,9-12H2,1-2H3,(H,24,27). The maximum atomic E-state index is 12.2. The van der Waals surface area contributed by atoms with Gasteiger partial charge < -0.3 is 19.2 Å². The summed E-state index contributed by atoms with van der Waals surface area (Å²) in [5, 5.41) is 14.2. The number of rotatable bonds is 11. The molecule has 3 aromatic rings. The van der Waals surface area contributed by atoms with Crippen LogP contribution in [-0.4, -0.2) is 36.6 Å². The molecule has 0 saturated heterocycles. The summed E-state index contributed by atoms with van der Waals surface area (Å²) in [6.45, 7) is 0.270. The van der Waals surface area contributed by atoms with E-state index < -0.39 is 4.92 Å². The molecule has 3 rings (SSSR count). The molecule has 1 aromatic heterocycles. The molecule has 9 nitrogen and oxygen atoms in total. The first-order valence-corrected chi connectivity index (χ1v) is 10.2. The first kappa shape index (κ1) is 22.8. The van der Waals surface area contributed by atoms with Gasteiger partial charge in [0.15, 0.2) is 23.1 Å². The molecule has 1 N–H and O–H groups in total. The van der Waals surface area contributed by atoms with Crippen molar-refractivity contribution < 1.29 is 23.6 Å². The van der Waals surface area contributed by atoms with E-state index in [2.05, 4.69) is 10.3 Å². The number of aromatic nitrogens is 1. The van der Waals surface area contributed by atoms with Gasteiger partial charge in [-0.2, -0.15) is 0 Å². The molecule has 0 saturated carbocycles. The zero-order valence-corrected chi connectivity index (χ0v) is 18.0. The van der Waals surface area contributed by atoms with Crippen molar-refractivity contribution in [3.8, 4) is 22.8 Å². The van der Waals surface area contributed by atoms with Crippen molar-refractivity contribution >= 4 is 11.6 Å². The van der Waals surface area contributed by atoms with E-state index in [-0.39, 0.29) is 23.9 Å². The van der Waals surface area contributed by atoms with Gasteiger partial charge in [0.25, 0.3) is 5.69 Å². The van der Waals surface area contributed by atoms with E-state index in [4.69, 9.17) is 13.9 Å². The fraction of sp³-hybridized carbons (Fsp3) is 0.304. The van der Waals surface area contributed by atoms with Crippen molar-refractivity contribution in [1.29, 1.82) is 0 Å². The van der Waals surface area contributed by atoms with Gasteiger partial charge in [-0.15, -0.1) is 0 Å². The second kappa shape index (κ2) is 10.9. The Kier molecular flexibility index (Phi) is 7.80. The number of methoxy groups -OCH3 is 2. The Balaban J connectivity index is 1.47. The number of nitro benzene ring substituents is 1. The van der Waals surface area contributed by atoms with E-state index in [0.29, 0.717) is 48.6 Å². The second-order valence-electron chi connectivity index (χ2n) is 7.03. The first-order chi connectivity index (χ1) is 15.5. The summed E-state index contributed by atoms with van der Waals surface area (Å²) < 4.78 is 16.1. The third kappa shape index (κ3) is 5.84. The first-order valence-electron chi connectivity index (χ1n) is 10.2. The Morgan fingerprint density at radius 1 is 1.12 bits per heavy atom. The van der Waals surface area contributed by atoms with Crippen LogP contribution in [0.25, 0.3) is 11.3 Å². The molecule has 32 heavy (non-hydrogen) atoms. The lowest BCUT2D eigenvalue weighted by Gasteiger charge is -2.11. The third-order valence-corrected chi connectivity index (χ3v) is 4.90. The Bertz CT molecular complexity index is 1060. The van der Waals surface area contributed by atoms with Crippen LogP contribution >= 0.6 is 0 Å². The summed E-state index contributed by atoms with van der Waals surface area (Å²) in [5.41, 5.74) is 1.34. The molecule has 0 aliphatic heterocycles. The molecule has 0 bridgehead atoms. The van der Waals surface area contributed by atoms with Crippen molar-refractivity contribution in [3.05, 3.63) is 70.2 Å². The van der Waals surface area contributed by atoms with Crippen molar-refractivity contribution in [2.24, 2.45) is 0 Å². The normalized spacial score (nSPS) is 10.6. The van der Waals surface area contributed by atoms with Crippen molar-refractivity contribution in [3.63, 3.8) is 0 Å². The molecule has 1 heterocycles. The van der Waals surface area contributed by atoms with Gasteiger partial charge in [0.2, 0.25) is 5.91 Å². The zero-order valence-electron chi connectivity index (χ0n) is 18.0. The summed E-state index contributed by atoms with van der Waals surface area (Å²) in [5.74, 6) is 1.83. The number of hydrogen-bond acceptors (Lipinski definition) is 7. The average Bonchev–Trinajstić information content (AvgIpc) is 3.28. The number of amides is 1. The van der Waals surface area contributed by atoms with Crippen molar-refractivity contribution in [2.75, 3.05) is 20.8 Å². The topological polar surface area (TPSA) is 117 Å². The monoisotopic (exact) mass is 439 g/mol. The highest BCUT2D eigenvalue weighted by atomic mass is 16.6. The van der Waals surface area contributed by atoms with E-state index >= 15 is 0 Å². The summed E-state index contributed by atoms with van der Waals surface area (Å²) in [4.78, 5) is 27.3. The van der Waals surface area contributed by atoms with Crippen LogP contribution < -0.4 is 14.8 Å². The van der Waals surface area contributed by atoms with Gasteiger partial charge in [0, 0.05) is 30.5 Å². The number of benzene rings is 2. The number of carbonyl (C=O) groups is 1. The Morgan fingerprint density at radius 3 is 2.53 bits per heavy atom. The smallest absolute Gasteiger partial charge is 0.276 e. The van der Waals surface area contributed by atoms with Crippen molar-refractivity contribution in [2.45, 2.75) is 25.7 Å². The Labute approximate surface area is 185 Å². The van der Waals surface area contributed by atoms with Gasteiger partial charge in [-0.05, 0) is 18.9 Å². The predicted molar refractivity (Wildman–Crippen MR) is 118 cm³/mol. The summed E-state index contributed by atoms with van der Waals surface area (Å²) in [7, 11) is 2.88. The number of aryl methyl sites for hydroxylation is 1. The van der Waals surface area contributed by atoms with Crippen LogP contribution in [0.15, 0.2) is 53.1 Å². The molecule has 0 spiro atoms. The average molecular weight is 439 g/mol. The largest absolute Gasteiger partial charge is 0.493 e. The molecular formula is C23H25N3O6. The molecule has 0 aliphatic rings. The molecule has 2 aromatic carbocycles. The number of nitrogens with zero attached hydrogens (tertiary/aromatic N) is 2. The maximum Gasteiger partial charge on any atom is 0.276 e. The molecule has 1 amide bonds. The SMILES string of the molecule is COc1cc(CCNC(=O)CCCc2ncc(-c3ccccc3)o2)c([N+](=O)[O-])cc1OC. The minimum absolute atomic E-state index is 0.0741. The van der Waals surface area contributed by atoms with Crippen molar-refractivity contribution in [1.82, 2.24) is 10.3 Å². The highest BCUT2D eigenvalue weighted by Crippen LogP contribution is 2.34. The van der Waals surface area contributed by atoms with Crippen LogP contribution in [0.4, 0.5) is 5.69 Å². The quantitative estimate of drug-likeness (QED) is 0.355. The van der Waals surface area contributed by atoms with Crippen LogP contribution in [-0.2, 0) is 17.6 Å². The summed E-state index contributed by atoms with van der Waals surface area (Å²) >= 11 is 0. The number of hydrogen-bond donors (Lipinski definition) is 1. The Morgan fingerprint density at radius 2 is 1.84 bits per heavy atom. The number of nitro groups is 1. The van der Waals surface area contributed by atoms with E-state index in [1.165, 1.54) is 20.3 Å². The van der Waals surface area contributed by atoms with Gasteiger partial charge in [-0.3, -0.25) is 14.9 Å². The molecule has 0 unspecified atom stereocenters. The van der Waals surface area contributed by atoms with Crippen LogP contribution in [0.2, 0.25) is 0 Å². The number of ether oxygens (including phenoxy) is 2. The number of nitrogens with one attached hydrogen (secondary N) is 1. The van der Waals surface area contributed by atoms with E-state index in [1.807, 2.05) is 30.3 Å². The van der Waals surface area contributed by atoms with Gasteiger partial charge in [-0.1, -0.05) is 30.3 Å². The lowest BCUT2D eigenvalue weighted by molar-refractivity contribution is -0.385. The molecule has 168 valence electrons. The second-order valence-corrected chi connectivity index (χ2v) is 7.03. The molecular weight excluding hydrogens is 414 g/mol. The lowest BCUT2D eigenvalue weighted by atomic mass is 10.1. The van der Waals surface area contributed by atoms with Crippen LogP contribution in [0.1, 0.15) is 24.3 Å². The zero-order chi connectivity index (χ0) is 22.9. The van der Waals surface area contributed by atoms with Gasteiger partial charge in [-0.25, -0.2) is 4.98 Å². The minimum Gasteiger partial charge on any atom is -0.493 e. The van der Waals surface area contributed by atoms with Crippen LogP contribution in [0, 0.1) is 10.1 Å². The summed E-state index contributed by atoms with van der Waals surface area (Å²) in [6, 6.07) is 12.6. The van der Waals surface area contributed by atoms with E-state index in [0.717, 1.165) is 5.56 Å². The van der Waals surface area contributed by atoms with Gasteiger partial charge in [0.1, 0.15) is 0 Å². The number of carbonyl (C=O) groups excluding carboxylic acids is 1. The molecule has 0 radical (unpaired) electrons. The lowest BCUT2D eigenvalue weighted by Crippen LogP contribution is -2.25. The highest BCUT2D eigenvalue weighted by Gasteiger charge is 2.19. The van der Waals surface area contributed by atoms with Gasteiger partial charge >= 0.3 is 0 Å². The van der Waals surface area contributed by atoms with Crippen LogP contribution in [0.5, 0.6) is 11.5 Å². The van der Waals surface area contributed by atoms with Gasteiger partial charge in [0.05, 0.1) is 31.4 Å². The molecule has 0 atom stereocenters. The Hall–Kier alpha value is -3.88. The van der Waals surface area contributed by atoms with Crippen LogP contribution in [0.3, 0.4) is 0 Å². The fourth-order valence-electron chi connectivity index (χ4n) is 3.27. The maximum absolute atomic E-state index is 12.2. The van der Waals surface area contributed by atoms with E-state index in [9.17, 15) is 14.9 Å². The number of oxazole rings is 1. The molecule has 0 aliphatic carbocycles. The third-order valence-electron chi connectivity index (χ3n) is 4.90. The fourth-order valence-corrected chi connectivity index (χ4v) is 3.27. The summed E-state index contributed by atoms with van der Waals surface area (Å²) in [6.07, 6.45) is 3.40. The molecule has 0 fully saturated rings.